The zero-order valence-electron chi connectivity index (χ0n) is 11.7. The van der Waals surface area contributed by atoms with E-state index in [-0.39, 0.29) is 5.91 Å². The molecule has 0 atom stereocenters. The van der Waals surface area contributed by atoms with Crippen LogP contribution in [0.3, 0.4) is 0 Å². The first-order valence-corrected chi connectivity index (χ1v) is 7.85. The second-order valence-electron chi connectivity index (χ2n) is 4.45. The second kappa shape index (κ2) is 6.25. The summed E-state index contributed by atoms with van der Waals surface area (Å²) in [6, 6.07) is 7.34. The SMILES string of the molecule is CCc1c(C(=O)Nc2nncs2)cnn1-c1cccc(Cl)c1. The number of anilines is 1. The highest BCUT2D eigenvalue weighted by Gasteiger charge is 2.18. The van der Waals surface area contributed by atoms with Gasteiger partial charge in [-0.2, -0.15) is 5.10 Å². The molecule has 0 aliphatic rings. The van der Waals surface area contributed by atoms with Crippen LogP contribution >= 0.6 is 22.9 Å². The number of amides is 1. The van der Waals surface area contributed by atoms with Crippen LogP contribution in [0.2, 0.25) is 5.02 Å². The molecule has 6 nitrogen and oxygen atoms in total. The van der Waals surface area contributed by atoms with Crippen molar-refractivity contribution in [2.75, 3.05) is 5.32 Å². The maximum Gasteiger partial charge on any atom is 0.260 e. The minimum absolute atomic E-state index is 0.248. The number of carbonyl (C=O) groups is 1. The number of halogens is 1. The number of aromatic nitrogens is 4. The molecule has 1 amide bonds. The average Bonchev–Trinajstić information content (AvgIpc) is 3.15. The number of hydrogen-bond acceptors (Lipinski definition) is 5. The predicted octanol–water partition coefficient (Wildman–Crippen LogP) is 3.19. The standard InChI is InChI=1S/C14H12ClN5OS/c1-2-12-11(13(21)18-14-19-16-8-22-14)7-17-20(12)10-5-3-4-9(15)6-10/h3-8H,2H2,1H3,(H,18,19,21). The molecular weight excluding hydrogens is 322 g/mol. The van der Waals surface area contributed by atoms with Gasteiger partial charge >= 0.3 is 0 Å². The molecule has 0 aliphatic carbocycles. The Morgan fingerprint density at radius 2 is 2.32 bits per heavy atom. The van der Waals surface area contributed by atoms with Gasteiger partial charge in [-0.25, -0.2) is 4.68 Å². The monoisotopic (exact) mass is 333 g/mol. The lowest BCUT2D eigenvalue weighted by Crippen LogP contribution is -2.14. The first kappa shape index (κ1) is 14.7. The van der Waals surface area contributed by atoms with Gasteiger partial charge in [-0.1, -0.05) is 35.9 Å². The second-order valence-corrected chi connectivity index (χ2v) is 5.72. The number of hydrogen-bond donors (Lipinski definition) is 1. The fourth-order valence-electron chi connectivity index (χ4n) is 2.13. The largest absolute Gasteiger partial charge is 0.296 e. The van der Waals surface area contributed by atoms with E-state index < -0.39 is 0 Å². The molecule has 3 rings (SSSR count). The third kappa shape index (κ3) is 2.86. The summed E-state index contributed by atoms with van der Waals surface area (Å²) in [5, 5.41) is 15.6. The van der Waals surface area contributed by atoms with Gasteiger partial charge in [-0.15, -0.1) is 10.2 Å². The van der Waals surface area contributed by atoms with Crippen LogP contribution in [0.1, 0.15) is 23.0 Å². The van der Waals surface area contributed by atoms with Crippen molar-refractivity contribution >= 4 is 34.0 Å². The Bertz CT molecular complexity index is 799. The Balaban J connectivity index is 1.95. The minimum Gasteiger partial charge on any atom is -0.296 e. The molecule has 0 aliphatic heterocycles. The van der Waals surface area contributed by atoms with E-state index in [1.807, 2.05) is 19.1 Å². The summed E-state index contributed by atoms with van der Waals surface area (Å²) in [5.41, 5.74) is 3.70. The van der Waals surface area contributed by atoms with E-state index in [0.717, 1.165) is 11.4 Å². The molecular formula is C14H12ClN5OS. The van der Waals surface area contributed by atoms with Gasteiger partial charge in [0, 0.05) is 5.02 Å². The minimum atomic E-state index is -0.248. The topological polar surface area (TPSA) is 72.7 Å². The Morgan fingerprint density at radius 1 is 1.45 bits per heavy atom. The summed E-state index contributed by atoms with van der Waals surface area (Å²) < 4.78 is 1.72. The molecule has 8 heteroatoms. The van der Waals surface area contributed by atoms with Gasteiger partial charge in [0.15, 0.2) is 0 Å². The lowest BCUT2D eigenvalue weighted by atomic mass is 10.2. The Kier molecular flexibility index (Phi) is 4.17. The summed E-state index contributed by atoms with van der Waals surface area (Å²) in [6.45, 7) is 1.97. The van der Waals surface area contributed by atoms with E-state index in [9.17, 15) is 4.79 Å². The molecule has 0 spiro atoms. The maximum absolute atomic E-state index is 12.4. The van der Waals surface area contributed by atoms with Crippen LogP contribution in [0, 0.1) is 0 Å². The first-order chi connectivity index (χ1) is 10.7. The fourth-order valence-corrected chi connectivity index (χ4v) is 2.75. The van der Waals surface area contributed by atoms with Crippen LogP contribution in [-0.2, 0) is 6.42 Å². The van der Waals surface area contributed by atoms with Crippen LogP contribution in [-0.4, -0.2) is 25.9 Å². The third-order valence-electron chi connectivity index (χ3n) is 3.08. The summed E-state index contributed by atoms with van der Waals surface area (Å²) in [5.74, 6) is -0.248. The van der Waals surface area contributed by atoms with Crippen molar-refractivity contribution in [3.05, 3.63) is 52.3 Å². The fraction of sp³-hybridized carbons (Fsp3) is 0.143. The third-order valence-corrected chi connectivity index (χ3v) is 3.92. The van der Waals surface area contributed by atoms with Crippen LogP contribution in [0.4, 0.5) is 5.13 Å². The summed E-state index contributed by atoms with van der Waals surface area (Å²) in [4.78, 5) is 12.4. The number of nitrogens with zero attached hydrogens (tertiary/aromatic N) is 4. The zero-order valence-corrected chi connectivity index (χ0v) is 13.2. The van der Waals surface area contributed by atoms with Gasteiger partial charge in [0.2, 0.25) is 5.13 Å². The van der Waals surface area contributed by atoms with Gasteiger partial charge < -0.3 is 0 Å². The highest BCUT2D eigenvalue weighted by molar-refractivity contribution is 7.13. The molecule has 0 radical (unpaired) electrons. The normalized spacial score (nSPS) is 10.6. The van der Waals surface area contributed by atoms with E-state index in [0.29, 0.717) is 22.1 Å². The Morgan fingerprint density at radius 3 is 3.00 bits per heavy atom. The Hall–Kier alpha value is -2.25. The predicted molar refractivity (Wildman–Crippen MR) is 85.8 cm³/mol. The van der Waals surface area contributed by atoms with Gasteiger partial charge in [-0.3, -0.25) is 10.1 Å². The molecule has 0 saturated carbocycles. The van der Waals surface area contributed by atoms with E-state index in [4.69, 9.17) is 11.6 Å². The van der Waals surface area contributed by atoms with Crippen molar-refractivity contribution in [1.82, 2.24) is 20.0 Å². The van der Waals surface area contributed by atoms with Crippen molar-refractivity contribution in [3.63, 3.8) is 0 Å². The molecule has 0 unspecified atom stereocenters. The summed E-state index contributed by atoms with van der Waals surface area (Å²) in [7, 11) is 0. The molecule has 0 saturated heterocycles. The number of rotatable bonds is 4. The lowest BCUT2D eigenvalue weighted by molar-refractivity contribution is 0.102. The first-order valence-electron chi connectivity index (χ1n) is 6.59. The number of carbonyl (C=O) groups excluding carboxylic acids is 1. The van der Waals surface area contributed by atoms with Crippen LogP contribution in [0.5, 0.6) is 0 Å². The molecule has 1 aromatic carbocycles. The van der Waals surface area contributed by atoms with Gasteiger partial charge in [0.05, 0.1) is 23.1 Å². The van der Waals surface area contributed by atoms with Crippen LogP contribution in [0.15, 0.2) is 36.0 Å². The van der Waals surface area contributed by atoms with Crippen LogP contribution in [0.25, 0.3) is 5.69 Å². The summed E-state index contributed by atoms with van der Waals surface area (Å²) >= 11 is 7.29. The van der Waals surface area contributed by atoms with Crippen molar-refractivity contribution in [3.8, 4) is 5.69 Å². The van der Waals surface area contributed by atoms with E-state index in [1.165, 1.54) is 11.3 Å². The quantitative estimate of drug-likeness (QED) is 0.795. The molecule has 3 aromatic rings. The highest BCUT2D eigenvalue weighted by atomic mass is 35.5. The van der Waals surface area contributed by atoms with Crippen LogP contribution < -0.4 is 5.32 Å². The zero-order chi connectivity index (χ0) is 15.5. The summed E-state index contributed by atoms with van der Waals surface area (Å²) in [6.07, 6.45) is 2.21. The Labute approximate surface area is 135 Å². The van der Waals surface area contributed by atoms with E-state index in [2.05, 4.69) is 20.6 Å². The molecule has 1 N–H and O–H groups in total. The van der Waals surface area contributed by atoms with Crippen molar-refractivity contribution in [1.29, 1.82) is 0 Å². The van der Waals surface area contributed by atoms with E-state index in [1.54, 1.807) is 28.5 Å². The molecule has 2 heterocycles. The van der Waals surface area contributed by atoms with Crippen molar-refractivity contribution < 1.29 is 4.79 Å². The maximum atomic E-state index is 12.4. The molecule has 22 heavy (non-hydrogen) atoms. The smallest absolute Gasteiger partial charge is 0.260 e. The van der Waals surface area contributed by atoms with Crippen molar-refractivity contribution in [2.45, 2.75) is 13.3 Å². The van der Waals surface area contributed by atoms with Gasteiger partial charge in [0.1, 0.15) is 5.51 Å². The lowest BCUT2D eigenvalue weighted by Gasteiger charge is -2.08. The van der Waals surface area contributed by atoms with Gasteiger partial charge in [-0.05, 0) is 24.6 Å². The molecule has 0 bridgehead atoms. The number of nitrogens with one attached hydrogen (secondary N) is 1. The average molecular weight is 334 g/mol. The molecule has 112 valence electrons. The number of benzene rings is 1. The van der Waals surface area contributed by atoms with E-state index >= 15 is 0 Å². The highest BCUT2D eigenvalue weighted by Crippen LogP contribution is 2.20. The van der Waals surface area contributed by atoms with Gasteiger partial charge in [0.25, 0.3) is 5.91 Å². The van der Waals surface area contributed by atoms with Crippen molar-refractivity contribution in [2.24, 2.45) is 0 Å². The molecule has 2 aromatic heterocycles. The molecule has 0 fully saturated rings.